The zero-order valence-electron chi connectivity index (χ0n) is 13.8. The van der Waals surface area contributed by atoms with Gasteiger partial charge in [-0.05, 0) is 18.4 Å². The molecule has 0 spiro atoms. The Kier molecular flexibility index (Phi) is 4.29. The molecule has 1 fully saturated rings. The van der Waals surface area contributed by atoms with Crippen molar-refractivity contribution in [2.75, 3.05) is 6.54 Å². The van der Waals surface area contributed by atoms with Crippen LogP contribution in [0.1, 0.15) is 30.3 Å². The lowest BCUT2D eigenvalue weighted by Crippen LogP contribution is -2.32. The smallest absolute Gasteiger partial charge is 0.249 e. The van der Waals surface area contributed by atoms with E-state index >= 15 is 0 Å². The van der Waals surface area contributed by atoms with E-state index in [-0.39, 0.29) is 11.9 Å². The molecule has 0 saturated carbocycles. The topological polar surface area (TPSA) is 59.2 Å². The summed E-state index contributed by atoms with van der Waals surface area (Å²) in [4.78, 5) is 19.1. The van der Waals surface area contributed by atoms with Crippen LogP contribution in [0, 0.1) is 0 Å². The largest absolute Gasteiger partial charge is 0.337 e. The molecule has 4 rings (SSSR count). The van der Waals surface area contributed by atoms with Gasteiger partial charge in [0.15, 0.2) is 0 Å². The van der Waals surface area contributed by atoms with Gasteiger partial charge < -0.3 is 9.42 Å². The molecule has 0 radical (unpaired) electrons. The fraction of sp³-hybridized carbons (Fsp3) is 0.250. The third kappa shape index (κ3) is 3.31. The molecule has 1 unspecified atom stereocenters. The molecule has 0 N–H and O–H groups in total. The van der Waals surface area contributed by atoms with E-state index in [9.17, 15) is 4.79 Å². The van der Waals surface area contributed by atoms with Crippen molar-refractivity contribution in [2.24, 2.45) is 0 Å². The summed E-state index contributed by atoms with van der Waals surface area (Å²) in [6.45, 7) is 0.735. The van der Waals surface area contributed by atoms with Crippen molar-refractivity contribution in [3.8, 4) is 11.4 Å². The zero-order chi connectivity index (χ0) is 17.1. The van der Waals surface area contributed by atoms with Crippen LogP contribution in [0.2, 0.25) is 0 Å². The average Bonchev–Trinajstić information content (AvgIpc) is 3.32. The highest BCUT2D eigenvalue weighted by Gasteiger charge is 2.33. The van der Waals surface area contributed by atoms with Gasteiger partial charge in [0.1, 0.15) is 6.04 Å². The van der Waals surface area contributed by atoms with Gasteiger partial charge in [0.05, 0.1) is 6.42 Å². The first-order valence-corrected chi connectivity index (χ1v) is 8.54. The summed E-state index contributed by atoms with van der Waals surface area (Å²) < 4.78 is 5.48. The maximum absolute atomic E-state index is 12.7. The highest BCUT2D eigenvalue weighted by molar-refractivity contribution is 5.79. The number of aromatic nitrogens is 2. The Bertz CT molecular complexity index is 846. The maximum Gasteiger partial charge on any atom is 0.249 e. The molecule has 3 aromatic rings. The van der Waals surface area contributed by atoms with Crippen LogP contribution in [-0.2, 0) is 11.2 Å². The highest BCUT2D eigenvalue weighted by Crippen LogP contribution is 2.32. The fourth-order valence-electron chi connectivity index (χ4n) is 3.27. The molecule has 5 nitrogen and oxygen atoms in total. The number of amides is 1. The first-order valence-electron chi connectivity index (χ1n) is 8.54. The van der Waals surface area contributed by atoms with Crippen LogP contribution in [0.15, 0.2) is 65.2 Å². The average molecular weight is 333 g/mol. The molecule has 0 bridgehead atoms. The third-order valence-corrected chi connectivity index (χ3v) is 4.53. The van der Waals surface area contributed by atoms with Crippen LogP contribution < -0.4 is 0 Å². The molecule has 1 amide bonds. The van der Waals surface area contributed by atoms with E-state index in [1.54, 1.807) is 0 Å². The minimum absolute atomic E-state index is 0.105. The third-order valence-electron chi connectivity index (χ3n) is 4.53. The lowest BCUT2D eigenvalue weighted by Gasteiger charge is -2.21. The summed E-state index contributed by atoms with van der Waals surface area (Å²) in [5, 5.41) is 4.08. The van der Waals surface area contributed by atoms with Crippen molar-refractivity contribution in [3.05, 3.63) is 72.1 Å². The maximum atomic E-state index is 12.7. The Morgan fingerprint density at radius 3 is 2.56 bits per heavy atom. The molecule has 1 aliphatic rings. The van der Waals surface area contributed by atoms with E-state index in [1.165, 1.54) is 0 Å². The van der Waals surface area contributed by atoms with Crippen LogP contribution in [0.25, 0.3) is 11.4 Å². The van der Waals surface area contributed by atoms with E-state index in [2.05, 4.69) is 10.1 Å². The molecular weight excluding hydrogens is 314 g/mol. The molecule has 1 aliphatic heterocycles. The molecule has 126 valence electrons. The molecule has 5 heteroatoms. The molecule has 1 saturated heterocycles. The molecular formula is C20H19N3O2. The van der Waals surface area contributed by atoms with E-state index < -0.39 is 0 Å². The number of nitrogens with zero attached hydrogens (tertiary/aromatic N) is 3. The summed E-state index contributed by atoms with van der Waals surface area (Å²) in [5.41, 5.74) is 1.94. The van der Waals surface area contributed by atoms with Crippen molar-refractivity contribution in [1.82, 2.24) is 15.0 Å². The number of hydrogen-bond donors (Lipinski definition) is 0. The summed E-state index contributed by atoms with van der Waals surface area (Å²) in [6, 6.07) is 19.4. The first kappa shape index (κ1) is 15.6. The number of carbonyl (C=O) groups is 1. The van der Waals surface area contributed by atoms with Crippen molar-refractivity contribution in [2.45, 2.75) is 25.3 Å². The molecule has 0 aliphatic carbocycles. The summed E-state index contributed by atoms with van der Waals surface area (Å²) in [7, 11) is 0. The van der Waals surface area contributed by atoms with Gasteiger partial charge in [-0.15, -0.1) is 0 Å². The quantitative estimate of drug-likeness (QED) is 0.731. The van der Waals surface area contributed by atoms with Crippen molar-refractivity contribution >= 4 is 5.91 Å². The molecule has 25 heavy (non-hydrogen) atoms. The number of benzene rings is 2. The summed E-state index contributed by atoms with van der Waals surface area (Å²) in [5.74, 6) is 1.20. The number of rotatable bonds is 4. The summed E-state index contributed by atoms with van der Waals surface area (Å²) >= 11 is 0. The standard InChI is InChI=1S/C20H19N3O2/c24-18(14-15-8-3-1-4-9-15)23-13-7-12-17(23)20-21-19(22-25-20)16-10-5-2-6-11-16/h1-6,8-11,17H,7,12-14H2. The van der Waals surface area contributed by atoms with Crippen LogP contribution in [0.5, 0.6) is 0 Å². The van der Waals surface area contributed by atoms with Crippen LogP contribution in [0.4, 0.5) is 0 Å². The molecule has 1 aromatic heterocycles. The lowest BCUT2D eigenvalue weighted by atomic mass is 10.1. The van der Waals surface area contributed by atoms with Gasteiger partial charge >= 0.3 is 0 Å². The Labute approximate surface area is 146 Å². The normalized spacial score (nSPS) is 17.0. The van der Waals surface area contributed by atoms with Crippen molar-refractivity contribution in [1.29, 1.82) is 0 Å². The predicted molar refractivity (Wildman–Crippen MR) is 93.6 cm³/mol. The second-order valence-electron chi connectivity index (χ2n) is 6.23. The van der Waals surface area contributed by atoms with E-state index in [0.29, 0.717) is 18.1 Å². The molecule has 2 heterocycles. The number of carbonyl (C=O) groups excluding carboxylic acids is 1. The van der Waals surface area contributed by atoms with Crippen molar-refractivity contribution < 1.29 is 9.32 Å². The Balaban J connectivity index is 1.52. The van der Waals surface area contributed by atoms with E-state index in [0.717, 1.165) is 30.5 Å². The Morgan fingerprint density at radius 2 is 1.80 bits per heavy atom. The van der Waals surface area contributed by atoms with Crippen molar-refractivity contribution in [3.63, 3.8) is 0 Å². The number of likely N-dealkylation sites (tertiary alicyclic amines) is 1. The predicted octanol–water partition coefficient (Wildman–Crippen LogP) is 3.64. The highest BCUT2D eigenvalue weighted by atomic mass is 16.5. The second-order valence-corrected chi connectivity index (χ2v) is 6.23. The van der Waals surface area contributed by atoms with Gasteiger partial charge in [-0.3, -0.25) is 4.79 Å². The van der Waals surface area contributed by atoms with Gasteiger partial charge in [0, 0.05) is 12.1 Å². The molecule has 1 atom stereocenters. The fourth-order valence-corrected chi connectivity index (χ4v) is 3.27. The van der Waals surface area contributed by atoms with Crippen LogP contribution in [-0.4, -0.2) is 27.5 Å². The lowest BCUT2D eigenvalue weighted by molar-refractivity contribution is -0.131. The minimum atomic E-state index is -0.124. The van der Waals surface area contributed by atoms with Gasteiger partial charge in [-0.1, -0.05) is 65.8 Å². The second kappa shape index (κ2) is 6.89. The van der Waals surface area contributed by atoms with Gasteiger partial charge in [0.25, 0.3) is 0 Å². The number of hydrogen-bond acceptors (Lipinski definition) is 4. The van der Waals surface area contributed by atoms with Crippen LogP contribution >= 0.6 is 0 Å². The summed E-state index contributed by atoms with van der Waals surface area (Å²) in [6.07, 6.45) is 2.21. The van der Waals surface area contributed by atoms with Gasteiger partial charge in [-0.2, -0.15) is 4.98 Å². The zero-order valence-corrected chi connectivity index (χ0v) is 13.8. The first-order chi connectivity index (χ1) is 12.3. The Hall–Kier alpha value is -2.95. The Morgan fingerprint density at radius 1 is 1.08 bits per heavy atom. The van der Waals surface area contributed by atoms with Crippen LogP contribution in [0.3, 0.4) is 0 Å². The van der Waals surface area contributed by atoms with Gasteiger partial charge in [-0.25, -0.2) is 0 Å². The van der Waals surface area contributed by atoms with Gasteiger partial charge in [0.2, 0.25) is 17.6 Å². The monoisotopic (exact) mass is 333 g/mol. The van der Waals surface area contributed by atoms with E-state index in [1.807, 2.05) is 65.6 Å². The SMILES string of the molecule is O=C(Cc1ccccc1)N1CCCC1c1nc(-c2ccccc2)no1. The molecule has 2 aromatic carbocycles. The van der Waals surface area contributed by atoms with E-state index in [4.69, 9.17) is 4.52 Å². The minimum Gasteiger partial charge on any atom is -0.337 e.